The Labute approximate surface area is 125 Å². The van der Waals surface area contributed by atoms with Gasteiger partial charge in [-0.2, -0.15) is 0 Å². The fourth-order valence-electron chi connectivity index (χ4n) is 2.61. The van der Waals surface area contributed by atoms with E-state index in [1.54, 1.807) is 4.68 Å². The van der Waals surface area contributed by atoms with E-state index in [9.17, 15) is 4.39 Å². The zero-order valence-corrected chi connectivity index (χ0v) is 11.7. The SMILES string of the molecule is Nc1ncnc2c1c(Oc1ccccc1)nn2C1CC(F)C1. The van der Waals surface area contributed by atoms with Gasteiger partial charge in [0.1, 0.15) is 29.5 Å². The molecule has 7 heteroatoms. The van der Waals surface area contributed by atoms with Gasteiger partial charge in [-0.05, 0) is 12.1 Å². The molecule has 0 atom stereocenters. The summed E-state index contributed by atoms with van der Waals surface area (Å²) in [6.45, 7) is 0. The third-order valence-electron chi connectivity index (χ3n) is 3.85. The first kappa shape index (κ1) is 13.0. The molecular weight excluding hydrogens is 285 g/mol. The predicted octanol–water partition coefficient (Wildman–Crippen LogP) is 2.87. The average Bonchev–Trinajstić information content (AvgIpc) is 2.85. The van der Waals surface area contributed by atoms with E-state index >= 15 is 0 Å². The summed E-state index contributed by atoms with van der Waals surface area (Å²) >= 11 is 0. The van der Waals surface area contributed by atoms with E-state index < -0.39 is 6.17 Å². The fraction of sp³-hybridized carbons (Fsp3) is 0.267. The van der Waals surface area contributed by atoms with Crippen LogP contribution in [0.3, 0.4) is 0 Å². The van der Waals surface area contributed by atoms with Crippen LogP contribution in [-0.4, -0.2) is 25.9 Å². The van der Waals surface area contributed by atoms with Crippen LogP contribution in [0.2, 0.25) is 0 Å². The van der Waals surface area contributed by atoms with Crippen LogP contribution in [0.5, 0.6) is 11.6 Å². The molecule has 1 aliphatic rings. The molecule has 0 saturated heterocycles. The van der Waals surface area contributed by atoms with Crippen molar-refractivity contribution in [3.8, 4) is 11.6 Å². The highest BCUT2D eigenvalue weighted by Crippen LogP contribution is 2.39. The monoisotopic (exact) mass is 299 g/mol. The van der Waals surface area contributed by atoms with Crippen LogP contribution in [0.15, 0.2) is 36.7 Å². The second-order valence-corrected chi connectivity index (χ2v) is 5.34. The third-order valence-corrected chi connectivity index (χ3v) is 3.85. The van der Waals surface area contributed by atoms with Gasteiger partial charge in [0.2, 0.25) is 0 Å². The maximum absolute atomic E-state index is 13.2. The van der Waals surface area contributed by atoms with Crippen molar-refractivity contribution in [1.82, 2.24) is 19.7 Å². The number of anilines is 1. The summed E-state index contributed by atoms with van der Waals surface area (Å²) < 4.78 is 20.7. The highest BCUT2D eigenvalue weighted by Gasteiger charge is 2.33. The number of ether oxygens (including phenoxy) is 1. The van der Waals surface area contributed by atoms with Crippen LogP contribution in [0.1, 0.15) is 18.9 Å². The largest absolute Gasteiger partial charge is 0.437 e. The van der Waals surface area contributed by atoms with E-state index in [2.05, 4.69) is 15.1 Å². The number of hydrogen-bond acceptors (Lipinski definition) is 5. The van der Waals surface area contributed by atoms with Crippen LogP contribution in [0.4, 0.5) is 10.2 Å². The van der Waals surface area contributed by atoms with Crippen LogP contribution in [0, 0.1) is 0 Å². The number of benzene rings is 1. The number of nitrogens with two attached hydrogens (primary N) is 1. The minimum absolute atomic E-state index is 0.0140. The van der Waals surface area contributed by atoms with Gasteiger partial charge in [0.25, 0.3) is 5.88 Å². The van der Waals surface area contributed by atoms with Crippen LogP contribution < -0.4 is 10.5 Å². The molecule has 1 aliphatic carbocycles. The summed E-state index contributed by atoms with van der Waals surface area (Å²) in [5.41, 5.74) is 6.53. The van der Waals surface area contributed by atoms with Crippen molar-refractivity contribution in [2.75, 3.05) is 5.73 Å². The predicted molar refractivity (Wildman–Crippen MR) is 79.4 cm³/mol. The Morgan fingerprint density at radius 2 is 1.95 bits per heavy atom. The van der Waals surface area contributed by atoms with Crippen LogP contribution in [0.25, 0.3) is 11.0 Å². The van der Waals surface area contributed by atoms with E-state index in [-0.39, 0.29) is 6.04 Å². The molecule has 3 aromatic rings. The van der Waals surface area contributed by atoms with E-state index in [4.69, 9.17) is 10.5 Å². The third kappa shape index (κ3) is 2.05. The molecule has 1 saturated carbocycles. The summed E-state index contributed by atoms with van der Waals surface area (Å²) in [7, 11) is 0. The van der Waals surface area contributed by atoms with Crippen molar-refractivity contribution in [1.29, 1.82) is 0 Å². The minimum atomic E-state index is -0.776. The molecule has 2 N–H and O–H groups in total. The Morgan fingerprint density at radius 3 is 2.68 bits per heavy atom. The zero-order chi connectivity index (χ0) is 15.1. The maximum Gasteiger partial charge on any atom is 0.251 e. The first-order chi connectivity index (χ1) is 10.7. The van der Waals surface area contributed by atoms with Crippen molar-refractivity contribution in [2.45, 2.75) is 25.1 Å². The molecule has 6 nitrogen and oxygen atoms in total. The summed E-state index contributed by atoms with van der Waals surface area (Å²) in [5.74, 6) is 1.30. The summed E-state index contributed by atoms with van der Waals surface area (Å²) in [6.07, 6.45) is 1.48. The quantitative estimate of drug-likeness (QED) is 0.804. The molecule has 2 aromatic heterocycles. The van der Waals surface area contributed by atoms with Crippen LogP contribution in [-0.2, 0) is 0 Å². The van der Waals surface area contributed by atoms with E-state index in [1.165, 1.54) is 6.33 Å². The van der Waals surface area contributed by atoms with Crippen molar-refractivity contribution >= 4 is 16.9 Å². The number of nitrogens with zero attached hydrogens (tertiary/aromatic N) is 4. The van der Waals surface area contributed by atoms with Gasteiger partial charge in [-0.25, -0.2) is 19.0 Å². The summed E-state index contributed by atoms with van der Waals surface area (Å²) in [6, 6.07) is 9.27. The number of hydrogen-bond donors (Lipinski definition) is 1. The standard InChI is InChI=1S/C15H14FN5O/c16-9-6-10(7-9)21-14-12(13(17)18-8-19-14)15(20-21)22-11-4-2-1-3-5-11/h1-5,8-10H,6-7H2,(H2,17,18,19). The topological polar surface area (TPSA) is 78.8 Å². The number of rotatable bonds is 3. The van der Waals surface area contributed by atoms with E-state index in [0.29, 0.717) is 41.3 Å². The van der Waals surface area contributed by atoms with Gasteiger partial charge >= 0.3 is 0 Å². The van der Waals surface area contributed by atoms with Gasteiger partial charge < -0.3 is 10.5 Å². The lowest BCUT2D eigenvalue weighted by atomic mass is 9.91. The first-order valence-corrected chi connectivity index (χ1v) is 7.08. The van der Waals surface area contributed by atoms with E-state index in [0.717, 1.165) is 0 Å². The Balaban J connectivity index is 1.80. The maximum atomic E-state index is 13.2. The Morgan fingerprint density at radius 1 is 1.18 bits per heavy atom. The number of alkyl halides is 1. The van der Waals surface area contributed by atoms with Gasteiger partial charge in [-0.3, -0.25) is 0 Å². The smallest absolute Gasteiger partial charge is 0.251 e. The molecule has 0 unspecified atom stereocenters. The van der Waals surface area contributed by atoms with Gasteiger partial charge in [0, 0.05) is 12.8 Å². The Kier molecular flexibility index (Phi) is 2.92. The van der Waals surface area contributed by atoms with Gasteiger partial charge in [-0.1, -0.05) is 18.2 Å². The molecule has 2 heterocycles. The number of nitrogen functional groups attached to an aromatic ring is 1. The van der Waals surface area contributed by atoms with Gasteiger partial charge in [0.05, 0.1) is 6.04 Å². The molecule has 4 rings (SSSR count). The number of halogens is 1. The highest BCUT2D eigenvalue weighted by molar-refractivity contribution is 5.90. The lowest BCUT2D eigenvalue weighted by molar-refractivity contribution is 0.129. The highest BCUT2D eigenvalue weighted by atomic mass is 19.1. The van der Waals surface area contributed by atoms with Crippen LogP contribution >= 0.6 is 0 Å². The lowest BCUT2D eigenvalue weighted by Gasteiger charge is -2.29. The molecule has 0 bridgehead atoms. The summed E-state index contributed by atoms with van der Waals surface area (Å²) in [4.78, 5) is 8.24. The molecule has 0 spiro atoms. The molecule has 0 aliphatic heterocycles. The molecule has 112 valence electrons. The van der Waals surface area contributed by atoms with Crippen molar-refractivity contribution < 1.29 is 9.13 Å². The zero-order valence-electron chi connectivity index (χ0n) is 11.7. The average molecular weight is 299 g/mol. The fourth-order valence-corrected chi connectivity index (χ4v) is 2.61. The van der Waals surface area contributed by atoms with Gasteiger partial charge in [-0.15, -0.1) is 5.10 Å². The van der Waals surface area contributed by atoms with Gasteiger partial charge in [0.15, 0.2) is 5.65 Å². The Bertz CT molecular complexity index is 813. The molecule has 0 amide bonds. The second kappa shape index (κ2) is 4.94. The lowest BCUT2D eigenvalue weighted by Crippen LogP contribution is -2.28. The van der Waals surface area contributed by atoms with Crippen molar-refractivity contribution in [3.05, 3.63) is 36.7 Å². The molecule has 1 aromatic carbocycles. The number of fused-ring (bicyclic) bond motifs is 1. The Hall–Kier alpha value is -2.70. The van der Waals surface area contributed by atoms with Crippen molar-refractivity contribution in [2.24, 2.45) is 0 Å². The minimum Gasteiger partial charge on any atom is -0.437 e. The normalized spacial score (nSPS) is 20.8. The number of aromatic nitrogens is 4. The summed E-state index contributed by atoms with van der Waals surface area (Å²) in [5, 5.41) is 5.01. The van der Waals surface area contributed by atoms with E-state index in [1.807, 2.05) is 30.3 Å². The molecule has 22 heavy (non-hydrogen) atoms. The second-order valence-electron chi connectivity index (χ2n) is 5.34. The number of para-hydroxylation sites is 1. The molecule has 1 fully saturated rings. The van der Waals surface area contributed by atoms with Crippen molar-refractivity contribution in [3.63, 3.8) is 0 Å². The first-order valence-electron chi connectivity index (χ1n) is 7.08. The molecule has 0 radical (unpaired) electrons. The molecular formula is C15H14FN5O.